The first-order chi connectivity index (χ1) is 57.3. The first kappa shape index (κ1) is 167. The minimum Gasteiger partial charge on any atom is -0.466 e. The van der Waals surface area contributed by atoms with E-state index in [4.69, 9.17) is 0 Å². The summed E-state index contributed by atoms with van der Waals surface area (Å²) in [7, 11) is 0. The Morgan fingerprint density at radius 1 is 0.108 bits per heavy atom. The molecule has 0 aromatic rings. The van der Waals surface area contributed by atoms with Crippen LogP contribution in [0.5, 0.6) is 0 Å². The normalized spacial score (nSPS) is 8.53. The molecule has 0 fully saturated rings. The summed E-state index contributed by atoms with van der Waals surface area (Å²) >= 11 is 0. The van der Waals surface area contributed by atoms with Gasteiger partial charge in [-0.15, -0.1) is 0 Å². The van der Waals surface area contributed by atoms with Crippen molar-refractivity contribution in [3.8, 4) is 0 Å². The lowest BCUT2D eigenvalue weighted by molar-refractivity contribution is -0.141. The van der Waals surface area contributed by atoms with Crippen LogP contribution in [0.25, 0.3) is 0 Å². The van der Waals surface area contributed by atoms with Crippen LogP contribution < -0.4 is 0 Å². The standard InChI is InChI=1S/13C6H14.7C4H8O2/c13*1-3-5-6-4-2;7*1-3-6-4(2)5/h13*3-6H2,1-2H3;7*3H2,1-2H3. The van der Waals surface area contributed by atoms with Crippen molar-refractivity contribution in [2.75, 3.05) is 46.2 Å². The van der Waals surface area contributed by atoms with Crippen LogP contribution >= 0.6 is 0 Å². The summed E-state index contributed by atoms with van der Waals surface area (Å²) < 4.78 is 30.8. The van der Waals surface area contributed by atoms with Crippen molar-refractivity contribution in [3.05, 3.63) is 0 Å². The van der Waals surface area contributed by atoms with Crippen LogP contribution in [-0.4, -0.2) is 88.0 Å². The first-order valence-electron chi connectivity index (χ1n) is 51.2. The van der Waals surface area contributed by atoms with E-state index in [1.165, 1.54) is 382 Å². The summed E-state index contributed by atoms with van der Waals surface area (Å²) in [6, 6.07) is 0. The zero-order valence-corrected chi connectivity index (χ0v) is 90.9. The molecule has 0 rings (SSSR count). The van der Waals surface area contributed by atoms with Gasteiger partial charge >= 0.3 is 41.8 Å². The Bertz CT molecular complexity index is 1090. The van der Waals surface area contributed by atoms with E-state index in [0.29, 0.717) is 46.2 Å². The summed E-state index contributed by atoms with van der Waals surface area (Å²) in [5, 5.41) is 0. The molecule has 14 nitrogen and oxygen atoms in total. The summed E-state index contributed by atoms with van der Waals surface area (Å²) in [4.78, 5) is 68.8. The minimum atomic E-state index is -0.211. The molecule has 746 valence electrons. The van der Waals surface area contributed by atoms with E-state index in [1.807, 2.05) is 0 Å². The number of unbranched alkanes of at least 4 members (excludes halogenated alkanes) is 39. The molecule has 14 heteroatoms. The van der Waals surface area contributed by atoms with Crippen molar-refractivity contribution in [1.29, 1.82) is 0 Å². The van der Waals surface area contributed by atoms with Gasteiger partial charge in [-0.05, 0) is 48.5 Å². The molecular weight excluding hydrogens is 1500 g/mol. The Morgan fingerprint density at radius 2 is 0.150 bits per heavy atom. The van der Waals surface area contributed by atoms with Gasteiger partial charge in [-0.2, -0.15) is 0 Å². The molecule has 0 radical (unpaired) electrons. The van der Waals surface area contributed by atoms with Gasteiger partial charge in [0.15, 0.2) is 0 Å². The maximum atomic E-state index is 9.82. The molecular formula is C106H238O14. The van der Waals surface area contributed by atoms with Crippen LogP contribution in [0.1, 0.15) is 611 Å². The molecule has 0 aliphatic heterocycles. The van der Waals surface area contributed by atoms with Crippen LogP contribution in [0.4, 0.5) is 0 Å². The van der Waals surface area contributed by atoms with Gasteiger partial charge in [-0.1, -0.05) is 514 Å². The lowest BCUT2D eigenvalue weighted by Crippen LogP contribution is -1.95. The van der Waals surface area contributed by atoms with Crippen LogP contribution in [0.2, 0.25) is 0 Å². The second kappa shape index (κ2) is 217. The van der Waals surface area contributed by atoms with E-state index in [-0.39, 0.29) is 41.8 Å². The fourth-order valence-corrected chi connectivity index (χ4v) is 7.92. The Balaban J connectivity index is -0.0000000487. The Labute approximate surface area is 761 Å². The molecule has 0 bridgehead atoms. The van der Waals surface area contributed by atoms with Gasteiger partial charge in [0, 0.05) is 48.5 Å². The number of carbonyl (C=O) groups excluding carboxylic acids is 7. The van der Waals surface area contributed by atoms with Gasteiger partial charge in [-0.25, -0.2) is 0 Å². The van der Waals surface area contributed by atoms with Crippen LogP contribution in [-0.2, 0) is 66.7 Å². The molecule has 0 unspecified atom stereocenters. The van der Waals surface area contributed by atoms with Crippen LogP contribution in [0.15, 0.2) is 0 Å². The predicted octanol–water partition coefficient (Wildman–Crippen LogP) is 37.6. The van der Waals surface area contributed by atoms with Gasteiger partial charge in [-0.3, -0.25) is 33.6 Å². The number of carbonyl (C=O) groups is 7. The molecule has 0 spiro atoms. The third-order valence-electron chi connectivity index (χ3n) is 14.9. The van der Waals surface area contributed by atoms with Crippen molar-refractivity contribution < 1.29 is 66.7 Å². The molecule has 120 heavy (non-hydrogen) atoms. The lowest BCUT2D eigenvalue weighted by atomic mass is 10.2. The Kier molecular flexibility index (Phi) is 302. The van der Waals surface area contributed by atoms with Gasteiger partial charge < -0.3 is 33.2 Å². The number of esters is 7. The zero-order valence-electron chi connectivity index (χ0n) is 90.9. The number of hydrogen-bond donors (Lipinski definition) is 0. The fourth-order valence-electron chi connectivity index (χ4n) is 7.92. The number of rotatable bonds is 46. The summed E-state index contributed by atoms with van der Waals surface area (Å²) in [6.45, 7) is 83.6. The van der Waals surface area contributed by atoms with E-state index in [2.05, 4.69) is 213 Å². The van der Waals surface area contributed by atoms with Gasteiger partial charge in [0.05, 0.1) is 46.2 Å². The molecule has 0 N–H and O–H groups in total. The largest absolute Gasteiger partial charge is 0.466 e. The number of ether oxygens (including phenoxy) is 7. The molecule has 0 atom stereocenters. The van der Waals surface area contributed by atoms with Crippen molar-refractivity contribution in [2.45, 2.75) is 611 Å². The third-order valence-corrected chi connectivity index (χ3v) is 14.9. The second-order valence-corrected chi connectivity index (χ2v) is 28.7. The van der Waals surface area contributed by atoms with E-state index >= 15 is 0 Å². The van der Waals surface area contributed by atoms with E-state index in [1.54, 1.807) is 48.5 Å². The van der Waals surface area contributed by atoms with Gasteiger partial charge in [0.2, 0.25) is 0 Å². The summed E-state index contributed by atoms with van der Waals surface area (Å²) in [5.74, 6) is -1.47. The molecule has 0 saturated carbocycles. The molecule has 0 aliphatic rings. The molecule has 0 aliphatic carbocycles. The molecule has 0 heterocycles. The van der Waals surface area contributed by atoms with Gasteiger partial charge in [0.25, 0.3) is 0 Å². The Hall–Kier alpha value is -3.71. The lowest BCUT2D eigenvalue weighted by Gasteiger charge is -1.89. The van der Waals surface area contributed by atoms with Crippen molar-refractivity contribution in [3.63, 3.8) is 0 Å². The fraction of sp³-hybridized carbons (Fsp3) is 0.934. The van der Waals surface area contributed by atoms with Gasteiger partial charge in [0.1, 0.15) is 0 Å². The zero-order chi connectivity index (χ0) is 97.7. The molecule has 0 amide bonds. The van der Waals surface area contributed by atoms with E-state index < -0.39 is 0 Å². The maximum absolute atomic E-state index is 9.82. The highest BCUT2D eigenvalue weighted by atomic mass is 16.6. The van der Waals surface area contributed by atoms with Crippen molar-refractivity contribution >= 4 is 41.8 Å². The quantitative estimate of drug-likeness (QED) is 0.0318. The predicted molar refractivity (Wildman–Crippen MR) is 544 cm³/mol. The third kappa shape index (κ3) is 463. The smallest absolute Gasteiger partial charge is 0.302 e. The van der Waals surface area contributed by atoms with Crippen molar-refractivity contribution in [1.82, 2.24) is 0 Å². The summed E-state index contributed by atoms with van der Waals surface area (Å²) in [5.41, 5.74) is 0. The highest BCUT2D eigenvalue weighted by Gasteiger charge is 1.88. The molecule has 0 saturated heterocycles. The molecule has 0 aromatic heterocycles. The van der Waals surface area contributed by atoms with E-state index in [0.717, 1.165) is 0 Å². The first-order valence-corrected chi connectivity index (χ1v) is 51.2. The monoisotopic (exact) mass is 1740 g/mol. The minimum absolute atomic E-state index is 0.211. The van der Waals surface area contributed by atoms with Crippen LogP contribution in [0.3, 0.4) is 0 Å². The maximum Gasteiger partial charge on any atom is 0.302 e. The van der Waals surface area contributed by atoms with E-state index in [9.17, 15) is 33.6 Å². The topological polar surface area (TPSA) is 184 Å². The summed E-state index contributed by atoms with van der Waals surface area (Å²) in [6.07, 6.45) is 72.0. The average molecular weight is 1740 g/mol. The average Bonchev–Trinajstić information content (AvgIpc) is 1.44. The molecule has 0 aromatic carbocycles. The highest BCUT2D eigenvalue weighted by molar-refractivity contribution is 5.67. The second-order valence-electron chi connectivity index (χ2n) is 28.7. The highest BCUT2D eigenvalue weighted by Crippen LogP contribution is 2.02. The van der Waals surface area contributed by atoms with Crippen molar-refractivity contribution in [2.24, 2.45) is 0 Å². The van der Waals surface area contributed by atoms with Crippen LogP contribution in [0, 0.1) is 0 Å². The Morgan fingerprint density at radius 3 is 0.158 bits per heavy atom. The number of hydrogen-bond acceptors (Lipinski definition) is 14. The SMILES string of the molecule is CCCCCC.CCCCCC.CCCCCC.CCCCCC.CCCCCC.CCCCCC.CCCCCC.CCCCCC.CCCCCC.CCCCCC.CCCCCC.CCCCCC.CCCCCC.CCOC(C)=O.CCOC(C)=O.CCOC(C)=O.CCOC(C)=O.CCOC(C)=O.CCOC(C)=O.CCOC(C)=O.